The molecule has 170 valence electrons. The van der Waals surface area contributed by atoms with E-state index in [0.29, 0.717) is 35.3 Å². The Labute approximate surface area is 185 Å². The molecule has 2 N–H and O–H groups in total. The van der Waals surface area contributed by atoms with Crippen LogP contribution in [0.4, 0.5) is 0 Å². The Kier molecular flexibility index (Phi) is 5.60. The Morgan fingerprint density at radius 3 is 2.37 bits per heavy atom. The van der Waals surface area contributed by atoms with Crippen LogP contribution in [0.15, 0.2) is 23.3 Å². The average Bonchev–Trinajstić information content (AvgIpc) is 2.79. The number of hydrogen-bond donors (Lipinski definition) is 2. The van der Waals surface area contributed by atoms with Gasteiger partial charge in [-0.3, -0.25) is 0 Å². The van der Waals surface area contributed by atoms with Crippen LogP contribution in [-0.4, -0.2) is 49.3 Å². The number of hydrogen-bond acceptors (Lipinski definition) is 3. The summed E-state index contributed by atoms with van der Waals surface area (Å²) in [5.74, 6) is 1.58. The first kappa shape index (κ1) is 22.6. The summed E-state index contributed by atoms with van der Waals surface area (Å²) in [6.45, 7) is 12.3. The molecule has 0 amide bonds. The van der Waals surface area contributed by atoms with Gasteiger partial charge >= 0.3 is 0 Å². The van der Waals surface area contributed by atoms with Crippen LogP contribution in [0.25, 0.3) is 0 Å². The maximum Gasteiger partial charge on any atom is 0.0594 e. The molecule has 4 rings (SSSR count). The van der Waals surface area contributed by atoms with Gasteiger partial charge < -0.3 is 15.3 Å². The molecule has 0 radical (unpaired) electrons. The van der Waals surface area contributed by atoms with Crippen molar-refractivity contribution in [2.24, 2.45) is 34.0 Å². The van der Waals surface area contributed by atoms with Crippen molar-refractivity contribution < 1.29 is 5.11 Å². The summed E-state index contributed by atoms with van der Waals surface area (Å²) in [6, 6.07) is 0.997. The minimum atomic E-state index is -0.201. The van der Waals surface area contributed by atoms with Gasteiger partial charge in [0.2, 0.25) is 0 Å². The predicted octanol–water partition coefficient (Wildman–Crippen LogP) is 5.02. The molecule has 2 fully saturated rings. The molecule has 0 aromatic carbocycles. The molecule has 30 heavy (non-hydrogen) atoms. The van der Waals surface area contributed by atoms with Gasteiger partial charge in [0.25, 0.3) is 0 Å². The second kappa shape index (κ2) is 7.46. The molecule has 0 aliphatic heterocycles. The van der Waals surface area contributed by atoms with Crippen molar-refractivity contribution in [3.05, 3.63) is 23.3 Å². The number of nitrogens with one attached hydrogen (secondary N) is 1. The molecule has 0 spiro atoms. The van der Waals surface area contributed by atoms with E-state index in [9.17, 15) is 5.11 Å². The van der Waals surface area contributed by atoms with E-state index in [4.69, 9.17) is 0 Å². The van der Waals surface area contributed by atoms with Crippen LogP contribution >= 0.6 is 0 Å². The maximum absolute atomic E-state index is 11.3. The van der Waals surface area contributed by atoms with Crippen LogP contribution in [0.1, 0.15) is 73.1 Å². The van der Waals surface area contributed by atoms with Crippen molar-refractivity contribution in [3.8, 4) is 0 Å². The van der Waals surface area contributed by atoms with Gasteiger partial charge in [-0.15, -0.1) is 0 Å². The molecule has 0 saturated heterocycles. The zero-order valence-corrected chi connectivity index (χ0v) is 20.8. The van der Waals surface area contributed by atoms with Crippen LogP contribution in [-0.2, 0) is 0 Å². The number of fused-ring (bicyclic) bond motifs is 4. The average molecular weight is 415 g/mol. The van der Waals surface area contributed by atoms with Crippen LogP contribution in [0, 0.1) is 34.0 Å². The standard InChI is InChI=1S/C27H46N2O/c1-17(29(7)8)24-22(30)16-27(5)21-11-10-20-18(9-12-23(28-6)25(20,2)3)15-19(21)13-14-26(24,27)4/h13,15,17,20-24,28,30H,9-12,14,16H2,1-8H3/t17-,20+,21+,22+,23-,24-,26+,27-/m0/s1. The summed E-state index contributed by atoms with van der Waals surface area (Å²) in [6.07, 6.45) is 12.1. The lowest BCUT2D eigenvalue weighted by Crippen LogP contribution is -2.50. The predicted molar refractivity (Wildman–Crippen MR) is 126 cm³/mol. The summed E-state index contributed by atoms with van der Waals surface area (Å²) >= 11 is 0. The molecular weight excluding hydrogens is 368 g/mol. The van der Waals surface area contributed by atoms with Crippen LogP contribution in [0.2, 0.25) is 0 Å². The summed E-state index contributed by atoms with van der Waals surface area (Å²) in [4.78, 5) is 2.31. The van der Waals surface area contributed by atoms with Crippen molar-refractivity contribution in [3.63, 3.8) is 0 Å². The van der Waals surface area contributed by atoms with Gasteiger partial charge in [-0.2, -0.15) is 0 Å². The van der Waals surface area contributed by atoms with E-state index in [1.807, 2.05) is 0 Å². The topological polar surface area (TPSA) is 35.5 Å². The molecular formula is C27H46N2O. The lowest BCUT2D eigenvalue weighted by Gasteiger charge is -2.53. The summed E-state index contributed by atoms with van der Waals surface area (Å²) < 4.78 is 0. The van der Waals surface area contributed by atoms with E-state index >= 15 is 0 Å². The quantitative estimate of drug-likeness (QED) is 0.680. The van der Waals surface area contributed by atoms with E-state index < -0.39 is 0 Å². The van der Waals surface area contributed by atoms with E-state index in [-0.39, 0.29) is 16.9 Å². The Morgan fingerprint density at radius 1 is 1.07 bits per heavy atom. The van der Waals surface area contributed by atoms with E-state index in [1.165, 1.54) is 25.7 Å². The first-order chi connectivity index (χ1) is 14.0. The Balaban J connectivity index is 1.71. The molecule has 3 nitrogen and oxygen atoms in total. The second-order valence-corrected chi connectivity index (χ2v) is 12.3. The van der Waals surface area contributed by atoms with Crippen molar-refractivity contribution in [2.75, 3.05) is 21.1 Å². The number of aliphatic hydroxyl groups is 1. The van der Waals surface area contributed by atoms with Gasteiger partial charge in [0.05, 0.1) is 6.10 Å². The van der Waals surface area contributed by atoms with Crippen LogP contribution in [0.5, 0.6) is 0 Å². The third kappa shape index (κ3) is 3.02. The lowest BCUT2D eigenvalue weighted by atomic mass is 9.51. The highest BCUT2D eigenvalue weighted by Crippen LogP contribution is 2.68. The SMILES string of the molecule is CN[C@H]1CCC2=CC3=CC[C@]4(C)[C@@H]([C@H](C)N(C)C)[C@H](O)C[C@@]4(C)[C@@H]3CC[C@H]2C1(C)C. The lowest BCUT2D eigenvalue weighted by molar-refractivity contribution is -0.0228. The first-order valence-corrected chi connectivity index (χ1v) is 12.4. The van der Waals surface area contributed by atoms with Crippen molar-refractivity contribution >= 4 is 0 Å². The zero-order chi connectivity index (χ0) is 22.1. The summed E-state index contributed by atoms with van der Waals surface area (Å²) in [5.41, 5.74) is 3.92. The monoisotopic (exact) mass is 414 g/mol. The Bertz CT molecular complexity index is 737. The van der Waals surface area contributed by atoms with Gasteiger partial charge in [-0.1, -0.05) is 45.4 Å². The first-order valence-electron chi connectivity index (χ1n) is 12.4. The normalized spacial score (nSPS) is 46.3. The highest BCUT2D eigenvalue weighted by molar-refractivity contribution is 5.37. The van der Waals surface area contributed by atoms with Gasteiger partial charge in [0.1, 0.15) is 0 Å². The van der Waals surface area contributed by atoms with Gasteiger partial charge in [-0.25, -0.2) is 0 Å². The fourth-order valence-electron chi connectivity index (χ4n) is 8.54. The number of rotatable bonds is 3. The third-order valence-corrected chi connectivity index (χ3v) is 10.8. The fraction of sp³-hybridized carbons (Fsp3) is 0.852. The van der Waals surface area contributed by atoms with Crippen molar-refractivity contribution in [1.82, 2.24) is 10.2 Å². The molecule has 0 aromatic rings. The molecule has 0 unspecified atom stereocenters. The van der Waals surface area contributed by atoms with E-state index in [1.54, 1.807) is 11.1 Å². The van der Waals surface area contributed by atoms with Gasteiger partial charge in [-0.05, 0) is 100 Å². The third-order valence-electron chi connectivity index (χ3n) is 10.8. The molecule has 0 heterocycles. The molecule has 3 heteroatoms. The highest BCUT2D eigenvalue weighted by atomic mass is 16.3. The molecule has 8 atom stereocenters. The van der Waals surface area contributed by atoms with Gasteiger partial charge in [0, 0.05) is 18.0 Å². The molecule has 2 saturated carbocycles. The largest absolute Gasteiger partial charge is 0.393 e. The maximum atomic E-state index is 11.3. The second-order valence-electron chi connectivity index (χ2n) is 12.3. The van der Waals surface area contributed by atoms with Crippen molar-refractivity contribution in [2.45, 2.75) is 91.3 Å². The van der Waals surface area contributed by atoms with E-state index in [2.05, 4.69) is 78.1 Å². The Morgan fingerprint density at radius 2 is 1.73 bits per heavy atom. The number of nitrogens with zero attached hydrogens (tertiary/aromatic N) is 1. The minimum Gasteiger partial charge on any atom is -0.393 e. The highest BCUT2D eigenvalue weighted by Gasteiger charge is 2.64. The molecule has 4 aliphatic rings. The Hall–Kier alpha value is -0.640. The van der Waals surface area contributed by atoms with E-state index in [0.717, 1.165) is 12.8 Å². The summed E-state index contributed by atoms with van der Waals surface area (Å²) in [5, 5.41) is 14.9. The van der Waals surface area contributed by atoms with Gasteiger partial charge in [0.15, 0.2) is 0 Å². The fourth-order valence-corrected chi connectivity index (χ4v) is 8.54. The van der Waals surface area contributed by atoms with Crippen molar-refractivity contribution in [1.29, 1.82) is 0 Å². The molecule has 0 aromatic heterocycles. The minimum absolute atomic E-state index is 0.154. The molecule has 4 aliphatic carbocycles. The van der Waals surface area contributed by atoms with Crippen LogP contribution in [0.3, 0.4) is 0 Å². The van der Waals surface area contributed by atoms with Crippen LogP contribution < -0.4 is 5.32 Å². The zero-order valence-electron chi connectivity index (χ0n) is 20.8. The number of aliphatic hydroxyl groups excluding tert-OH is 1. The number of allylic oxidation sites excluding steroid dienone is 4. The summed E-state index contributed by atoms with van der Waals surface area (Å²) in [7, 11) is 6.47. The smallest absolute Gasteiger partial charge is 0.0594 e. The molecule has 0 bridgehead atoms.